The fourth-order valence-electron chi connectivity index (χ4n) is 1.60. The van der Waals surface area contributed by atoms with E-state index in [1.165, 1.54) is 6.07 Å². The molecule has 0 unspecified atom stereocenters. The zero-order chi connectivity index (χ0) is 13.5. The second kappa shape index (κ2) is 6.82. The Morgan fingerprint density at radius 3 is 2.58 bits per heavy atom. The summed E-state index contributed by atoms with van der Waals surface area (Å²) in [5.74, 6) is 6.31. The second-order valence-corrected chi connectivity index (χ2v) is 4.08. The number of hydrogen-bond donors (Lipinski definition) is 0. The normalized spacial score (nSPS) is 9.58. The molecule has 96 valence electrons. The third kappa shape index (κ3) is 3.74. The Labute approximate surface area is 117 Å². The molecule has 2 aromatic carbocycles. The molecule has 0 fully saturated rings. The molecule has 1 nitrogen and oxygen atoms in total. The summed E-state index contributed by atoms with van der Waals surface area (Å²) < 4.78 is 19.1. The highest BCUT2D eigenvalue weighted by Gasteiger charge is 2.04. The Bertz CT molecular complexity index is 613. The van der Waals surface area contributed by atoms with Gasteiger partial charge >= 0.3 is 0 Å². The van der Waals surface area contributed by atoms with E-state index in [0.717, 1.165) is 5.56 Å². The predicted molar refractivity (Wildman–Crippen MR) is 74.8 cm³/mol. The molecular formula is C16H12ClFO. The molecule has 0 heterocycles. The third-order valence-electron chi connectivity index (χ3n) is 2.52. The summed E-state index contributed by atoms with van der Waals surface area (Å²) in [6.07, 6.45) is 0. The summed E-state index contributed by atoms with van der Waals surface area (Å²) in [5.41, 5.74) is 1.27. The van der Waals surface area contributed by atoms with Crippen molar-refractivity contribution >= 4 is 11.6 Å². The summed E-state index contributed by atoms with van der Waals surface area (Å²) in [6, 6.07) is 13.9. The highest BCUT2D eigenvalue weighted by molar-refractivity contribution is 6.19. The molecule has 0 aliphatic carbocycles. The van der Waals surface area contributed by atoms with Crippen molar-refractivity contribution in [1.29, 1.82) is 0 Å². The van der Waals surface area contributed by atoms with Gasteiger partial charge in [-0.15, -0.1) is 11.6 Å². The van der Waals surface area contributed by atoms with Crippen LogP contribution in [0.4, 0.5) is 4.39 Å². The Morgan fingerprint density at radius 2 is 1.79 bits per heavy atom. The smallest absolute Gasteiger partial charge is 0.135 e. The highest BCUT2D eigenvalue weighted by Crippen LogP contribution is 2.19. The Balaban J connectivity index is 2.14. The maximum absolute atomic E-state index is 13.5. The molecule has 2 aromatic rings. The molecule has 2 rings (SSSR count). The summed E-state index contributed by atoms with van der Waals surface area (Å²) in [4.78, 5) is 0. The van der Waals surface area contributed by atoms with Gasteiger partial charge in [0, 0.05) is 5.56 Å². The molecule has 0 aromatic heterocycles. The molecule has 0 radical (unpaired) electrons. The fraction of sp³-hybridized carbons (Fsp3) is 0.125. The SMILES string of the molecule is Fc1ccccc1COc1ccccc1C#CCCl. The van der Waals surface area contributed by atoms with Crippen LogP contribution < -0.4 is 4.74 Å². The molecule has 3 heteroatoms. The zero-order valence-corrected chi connectivity index (χ0v) is 11.0. The minimum Gasteiger partial charge on any atom is -0.487 e. The quantitative estimate of drug-likeness (QED) is 0.607. The van der Waals surface area contributed by atoms with Gasteiger partial charge in [0.25, 0.3) is 0 Å². The Morgan fingerprint density at radius 1 is 1.05 bits per heavy atom. The summed E-state index contributed by atoms with van der Waals surface area (Å²) in [5, 5.41) is 0. The van der Waals surface area contributed by atoms with Gasteiger partial charge in [-0.2, -0.15) is 0 Å². The first-order valence-electron chi connectivity index (χ1n) is 5.81. The van der Waals surface area contributed by atoms with Gasteiger partial charge in [-0.05, 0) is 18.2 Å². The minimum atomic E-state index is -0.271. The molecule has 0 amide bonds. The van der Waals surface area contributed by atoms with E-state index in [4.69, 9.17) is 16.3 Å². The van der Waals surface area contributed by atoms with Gasteiger partial charge < -0.3 is 4.74 Å². The van der Waals surface area contributed by atoms with Crippen LogP contribution in [0.1, 0.15) is 11.1 Å². The van der Waals surface area contributed by atoms with Crippen LogP contribution in [0, 0.1) is 17.7 Å². The Hall–Kier alpha value is -1.98. The average molecular weight is 275 g/mol. The van der Waals surface area contributed by atoms with Crippen molar-refractivity contribution < 1.29 is 9.13 Å². The van der Waals surface area contributed by atoms with Crippen LogP contribution in [-0.4, -0.2) is 5.88 Å². The zero-order valence-electron chi connectivity index (χ0n) is 10.2. The molecule has 0 aliphatic rings. The number of ether oxygens (including phenoxy) is 1. The van der Waals surface area contributed by atoms with Crippen molar-refractivity contribution in [2.45, 2.75) is 6.61 Å². The van der Waals surface area contributed by atoms with Gasteiger partial charge in [0.05, 0.1) is 11.4 Å². The lowest BCUT2D eigenvalue weighted by Crippen LogP contribution is -1.99. The van der Waals surface area contributed by atoms with E-state index in [2.05, 4.69) is 11.8 Å². The van der Waals surface area contributed by atoms with Crippen molar-refractivity contribution in [1.82, 2.24) is 0 Å². The summed E-state index contributed by atoms with van der Waals surface area (Å²) in [7, 11) is 0. The first-order valence-corrected chi connectivity index (χ1v) is 6.35. The number of rotatable bonds is 3. The lowest BCUT2D eigenvalue weighted by Gasteiger charge is -2.08. The molecule has 0 saturated heterocycles. The molecule has 0 N–H and O–H groups in total. The topological polar surface area (TPSA) is 9.23 Å². The van der Waals surface area contributed by atoms with Gasteiger partial charge in [-0.1, -0.05) is 42.2 Å². The standard InChI is InChI=1S/C16H12ClFO/c17-11-5-8-13-6-2-4-10-16(13)19-12-14-7-1-3-9-15(14)18/h1-4,6-7,9-10H,11-12H2. The highest BCUT2D eigenvalue weighted by atomic mass is 35.5. The molecule has 0 saturated carbocycles. The number of para-hydroxylation sites is 1. The second-order valence-electron chi connectivity index (χ2n) is 3.81. The number of hydrogen-bond acceptors (Lipinski definition) is 1. The van der Waals surface area contributed by atoms with Crippen molar-refractivity contribution in [2.75, 3.05) is 5.88 Å². The molecule has 0 aliphatic heterocycles. The van der Waals surface area contributed by atoms with Crippen LogP contribution in [0.5, 0.6) is 5.75 Å². The van der Waals surface area contributed by atoms with E-state index in [9.17, 15) is 4.39 Å². The van der Waals surface area contributed by atoms with E-state index in [0.29, 0.717) is 11.3 Å². The van der Waals surface area contributed by atoms with Crippen LogP contribution >= 0.6 is 11.6 Å². The fourth-order valence-corrected chi connectivity index (χ4v) is 1.66. The number of halogens is 2. The van der Waals surface area contributed by atoms with E-state index in [-0.39, 0.29) is 18.3 Å². The van der Waals surface area contributed by atoms with Gasteiger partial charge in [0.15, 0.2) is 0 Å². The van der Waals surface area contributed by atoms with Crippen molar-refractivity contribution in [3.8, 4) is 17.6 Å². The summed E-state index contributed by atoms with van der Waals surface area (Å²) >= 11 is 5.53. The molecule has 19 heavy (non-hydrogen) atoms. The van der Waals surface area contributed by atoms with Crippen LogP contribution in [0.15, 0.2) is 48.5 Å². The van der Waals surface area contributed by atoms with Crippen molar-refractivity contribution in [3.63, 3.8) is 0 Å². The van der Waals surface area contributed by atoms with Crippen LogP contribution in [0.3, 0.4) is 0 Å². The summed E-state index contributed by atoms with van der Waals surface area (Å²) in [6.45, 7) is 0.173. The van der Waals surface area contributed by atoms with E-state index < -0.39 is 0 Å². The van der Waals surface area contributed by atoms with E-state index in [1.807, 2.05) is 18.2 Å². The molecule has 0 bridgehead atoms. The van der Waals surface area contributed by atoms with Crippen molar-refractivity contribution in [2.24, 2.45) is 0 Å². The lowest BCUT2D eigenvalue weighted by molar-refractivity contribution is 0.299. The monoisotopic (exact) mass is 274 g/mol. The van der Waals surface area contributed by atoms with Gasteiger partial charge in [0.1, 0.15) is 18.2 Å². The number of benzene rings is 2. The molecule has 0 spiro atoms. The van der Waals surface area contributed by atoms with Crippen LogP contribution in [0.25, 0.3) is 0 Å². The lowest BCUT2D eigenvalue weighted by atomic mass is 10.2. The van der Waals surface area contributed by atoms with Crippen molar-refractivity contribution in [3.05, 3.63) is 65.5 Å². The first kappa shape index (κ1) is 13.5. The average Bonchev–Trinajstić information content (AvgIpc) is 2.45. The van der Waals surface area contributed by atoms with Gasteiger partial charge in [-0.25, -0.2) is 4.39 Å². The minimum absolute atomic E-state index is 0.173. The maximum atomic E-state index is 13.5. The first-order chi connectivity index (χ1) is 9.31. The molecule has 0 atom stereocenters. The number of alkyl halides is 1. The largest absolute Gasteiger partial charge is 0.487 e. The Kier molecular flexibility index (Phi) is 4.83. The van der Waals surface area contributed by atoms with Gasteiger partial charge in [-0.3, -0.25) is 0 Å². The predicted octanol–water partition coefficient (Wildman–Crippen LogP) is 4.00. The molecular weight excluding hydrogens is 263 g/mol. The van der Waals surface area contributed by atoms with Crippen LogP contribution in [0.2, 0.25) is 0 Å². The maximum Gasteiger partial charge on any atom is 0.135 e. The van der Waals surface area contributed by atoms with Crippen LogP contribution in [-0.2, 0) is 6.61 Å². The van der Waals surface area contributed by atoms with Gasteiger partial charge in [0.2, 0.25) is 0 Å². The van der Waals surface area contributed by atoms with E-state index in [1.54, 1.807) is 24.3 Å². The third-order valence-corrected chi connectivity index (χ3v) is 2.65. The van der Waals surface area contributed by atoms with E-state index >= 15 is 0 Å².